The minimum absolute atomic E-state index is 0.237. The maximum absolute atomic E-state index is 13.7. The average molecular weight is 284 g/mol. The molecule has 2 atom stereocenters. The summed E-state index contributed by atoms with van der Waals surface area (Å²) in [4.78, 5) is 2.22. The molecule has 0 saturated carbocycles. The maximum Gasteiger partial charge on any atom is 0.165 e. The van der Waals surface area contributed by atoms with Gasteiger partial charge in [-0.2, -0.15) is 0 Å². The molecule has 0 aliphatic heterocycles. The highest BCUT2D eigenvalue weighted by Crippen LogP contribution is 2.21. The van der Waals surface area contributed by atoms with Crippen molar-refractivity contribution in [1.29, 1.82) is 0 Å². The molecule has 0 aliphatic rings. The number of ether oxygens (including phenoxy) is 2. The number of benzene rings is 1. The highest BCUT2D eigenvalue weighted by atomic mass is 19.1. The lowest BCUT2D eigenvalue weighted by atomic mass is 10.1. The summed E-state index contributed by atoms with van der Waals surface area (Å²) in [5.74, 6) is -0.144. The number of likely N-dealkylation sites (N-methyl/N-ethyl adjacent to an activating group) is 1. The summed E-state index contributed by atoms with van der Waals surface area (Å²) in [5, 5.41) is 0. The molecule has 0 bridgehead atoms. The summed E-state index contributed by atoms with van der Waals surface area (Å²) < 4.78 is 23.8. The summed E-state index contributed by atoms with van der Waals surface area (Å²) in [6.45, 7) is 6.35. The van der Waals surface area contributed by atoms with Crippen molar-refractivity contribution in [3.63, 3.8) is 0 Å². The zero-order chi connectivity index (χ0) is 15.1. The lowest BCUT2D eigenvalue weighted by Crippen LogP contribution is -2.40. The molecule has 0 aromatic heterocycles. The SMILES string of the molecule is CCN(CC(N)c1ccc(OC)c(F)c1)C(C)COC. The van der Waals surface area contributed by atoms with Crippen molar-refractivity contribution in [2.45, 2.75) is 25.9 Å². The normalized spacial score (nSPS) is 14.3. The van der Waals surface area contributed by atoms with Gasteiger partial charge in [-0.05, 0) is 31.2 Å². The number of nitrogens with zero attached hydrogens (tertiary/aromatic N) is 1. The Morgan fingerprint density at radius 2 is 2.05 bits per heavy atom. The number of hydrogen-bond acceptors (Lipinski definition) is 4. The van der Waals surface area contributed by atoms with E-state index < -0.39 is 0 Å². The second-order valence-electron chi connectivity index (χ2n) is 4.89. The Morgan fingerprint density at radius 1 is 1.35 bits per heavy atom. The van der Waals surface area contributed by atoms with Crippen molar-refractivity contribution in [1.82, 2.24) is 4.90 Å². The van der Waals surface area contributed by atoms with Crippen LogP contribution in [0.1, 0.15) is 25.5 Å². The molecule has 1 aromatic carbocycles. The predicted octanol–water partition coefficient (Wildman–Crippen LogP) is 2.19. The maximum atomic E-state index is 13.7. The zero-order valence-corrected chi connectivity index (χ0v) is 12.7. The first-order chi connectivity index (χ1) is 9.53. The van der Waals surface area contributed by atoms with E-state index in [1.807, 2.05) is 0 Å². The summed E-state index contributed by atoms with van der Waals surface area (Å²) in [6.07, 6.45) is 0. The van der Waals surface area contributed by atoms with E-state index in [4.69, 9.17) is 15.2 Å². The van der Waals surface area contributed by atoms with Crippen LogP contribution in [0.3, 0.4) is 0 Å². The molecule has 1 rings (SSSR count). The third-order valence-electron chi connectivity index (χ3n) is 3.47. The summed E-state index contributed by atoms with van der Waals surface area (Å²) >= 11 is 0. The number of halogens is 1. The minimum atomic E-state index is -0.381. The topological polar surface area (TPSA) is 47.7 Å². The Labute approximate surface area is 120 Å². The van der Waals surface area contributed by atoms with Crippen LogP contribution >= 0.6 is 0 Å². The molecule has 0 aliphatic carbocycles. The molecule has 0 heterocycles. The standard InChI is InChI=1S/C15H25FN2O2/c1-5-18(11(2)10-19-3)9-14(17)12-6-7-15(20-4)13(16)8-12/h6-8,11,14H,5,9-10,17H2,1-4H3. The fraction of sp³-hybridized carbons (Fsp3) is 0.600. The van der Waals surface area contributed by atoms with Gasteiger partial charge >= 0.3 is 0 Å². The molecule has 114 valence electrons. The summed E-state index contributed by atoms with van der Waals surface area (Å²) in [7, 11) is 3.13. The molecule has 2 N–H and O–H groups in total. The summed E-state index contributed by atoms with van der Waals surface area (Å²) in [6, 6.07) is 4.90. The van der Waals surface area contributed by atoms with Crippen molar-refractivity contribution < 1.29 is 13.9 Å². The van der Waals surface area contributed by atoms with Gasteiger partial charge in [0.25, 0.3) is 0 Å². The smallest absolute Gasteiger partial charge is 0.165 e. The molecule has 0 amide bonds. The molecule has 0 radical (unpaired) electrons. The van der Waals surface area contributed by atoms with Crippen LogP contribution in [0.5, 0.6) is 5.75 Å². The van der Waals surface area contributed by atoms with Gasteiger partial charge in [-0.1, -0.05) is 13.0 Å². The Balaban J connectivity index is 2.73. The number of rotatable bonds is 8. The van der Waals surface area contributed by atoms with E-state index in [0.717, 1.165) is 12.1 Å². The zero-order valence-electron chi connectivity index (χ0n) is 12.7. The molecule has 0 fully saturated rings. The molecule has 4 nitrogen and oxygen atoms in total. The van der Waals surface area contributed by atoms with Crippen molar-refractivity contribution in [3.8, 4) is 5.75 Å². The highest BCUT2D eigenvalue weighted by Gasteiger charge is 2.17. The van der Waals surface area contributed by atoms with Crippen LogP contribution < -0.4 is 10.5 Å². The predicted molar refractivity (Wildman–Crippen MR) is 78.5 cm³/mol. The first kappa shape index (κ1) is 16.9. The molecule has 1 aromatic rings. The average Bonchev–Trinajstić information content (AvgIpc) is 2.44. The molecule has 5 heteroatoms. The number of methoxy groups -OCH3 is 2. The summed E-state index contributed by atoms with van der Waals surface area (Å²) in [5.41, 5.74) is 6.95. The van der Waals surface area contributed by atoms with E-state index >= 15 is 0 Å². The quantitative estimate of drug-likeness (QED) is 0.795. The number of hydrogen-bond donors (Lipinski definition) is 1. The second kappa shape index (κ2) is 8.19. The van der Waals surface area contributed by atoms with Crippen molar-refractivity contribution in [3.05, 3.63) is 29.6 Å². The van der Waals surface area contributed by atoms with Crippen LogP contribution in [0.15, 0.2) is 18.2 Å². The largest absolute Gasteiger partial charge is 0.494 e. The van der Waals surface area contributed by atoms with Crippen LogP contribution in [-0.4, -0.2) is 44.9 Å². The number of nitrogens with two attached hydrogens (primary N) is 1. The van der Waals surface area contributed by atoms with Gasteiger partial charge in [0.2, 0.25) is 0 Å². The van der Waals surface area contributed by atoms with Gasteiger partial charge < -0.3 is 15.2 Å². The Hall–Kier alpha value is -1.17. The van der Waals surface area contributed by atoms with Crippen LogP contribution in [0.2, 0.25) is 0 Å². The van der Waals surface area contributed by atoms with Gasteiger partial charge in [0.05, 0.1) is 13.7 Å². The molecule has 0 saturated heterocycles. The molecule has 20 heavy (non-hydrogen) atoms. The van der Waals surface area contributed by atoms with Crippen molar-refractivity contribution >= 4 is 0 Å². The second-order valence-corrected chi connectivity index (χ2v) is 4.89. The lowest BCUT2D eigenvalue weighted by Gasteiger charge is -2.30. The van der Waals surface area contributed by atoms with Gasteiger partial charge in [-0.25, -0.2) is 4.39 Å². The lowest BCUT2D eigenvalue weighted by molar-refractivity contribution is 0.0986. The van der Waals surface area contributed by atoms with Gasteiger partial charge in [0, 0.05) is 25.7 Å². The van der Waals surface area contributed by atoms with Crippen LogP contribution in [0.25, 0.3) is 0 Å². The Kier molecular flexibility index (Phi) is 6.91. The van der Waals surface area contributed by atoms with E-state index in [2.05, 4.69) is 18.7 Å². The van der Waals surface area contributed by atoms with E-state index in [1.165, 1.54) is 13.2 Å². The van der Waals surface area contributed by atoms with Gasteiger partial charge in [0.1, 0.15) is 0 Å². The van der Waals surface area contributed by atoms with Crippen molar-refractivity contribution in [2.24, 2.45) is 5.73 Å². The molecule has 0 spiro atoms. The third-order valence-corrected chi connectivity index (χ3v) is 3.47. The highest BCUT2D eigenvalue weighted by molar-refractivity contribution is 5.31. The Morgan fingerprint density at radius 3 is 2.55 bits per heavy atom. The van der Waals surface area contributed by atoms with Crippen LogP contribution in [-0.2, 0) is 4.74 Å². The van der Waals surface area contributed by atoms with Gasteiger partial charge in [0.15, 0.2) is 11.6 Å². The van der Waals surface area contributed by atoms with Gasteiger partial charge in [-0.15, -0.1) is 0 Å². The van der Waals surface area contributed by atoms with Crippen LogP contribution in [0.4, 0.5) is 4.39 Å². The van der Waals surface area contributed by atoms with Crippen molar-refractivity contribution in [2.75, 3.05) is 33.9 Å². The van der Waals surface area contributed by atoms with E-state index in [9.17, 15) is 4.39 Å². The first-order valence-electron chi connectivity index (χ1n) is 6.85. The van der Waals surface area contributed by atoms with Gasteiger partial charge in [-0.3, -0.25) is 4.90 Å². The molecular weight excluding hydrogens is 259 g/mol. The monoisotopic (exact) mass is 284 g/mol. The Bertz CT molecular complexity index is 415. The first-order valence-corrected chi connectivity index (χ1v) is 6.85. The van der Waals surface area contributed by atoms with Crippen LogP contribution in [0, 0.1) is 5.82 Å². The molecular formula is C15H25FN2O2. The van der Waals surface area contributed by atoms with E-state index in [1.54, 1.807) is 19.2 Å². The minimum Gasteiger partial charge on any atom is -0.494 e. The third kappa shape index (κ3) is 4.44. The molecule has 2 unspecified atom stereocenters. The fourth-order valence-corrected chi connectivity index (χ4v) is 2.24. The fourth-order valence-electron chi connectivity index (χ4n) is 2.24. The van der Waals surface area contributed by atoms with E-state index in [0.29, 0.717) is 13.2 Å². The van der Waals surface area contributed by atoms with E-state index in [-0.39, 0.29) is 23.7 Å².